The normalized spacial score (nSPS) is 16.4. The highest BCUT2D eigenvalue weighted by atomic mass is 32.3. The second kappa shape index (κ2) is 8.86. The predicted octanol–water partition coefficient (Wildman–Crippen LogP) is 3.51. The van der Waals surface area contributed by atoms with Crippen LogP contribution in [0, 0.1) is 13.8 Å². The molecule has 0 spiro atoms. The van der Waals surface area contributed by atoms with Crippen LogP contribution in [0.2, 0.25) is 0 Å². The van der Waals surface area contributed by atoms with Gasteiger partial charge in [0.25, 0.3) is 0 Å². The fourth-order valence-corrected chi connectivity index (χ4v) is 6.15. The topological polar surface area (TPSA) is 111 Å². The van der Waals surface area contributed by atoms with Crippen LogP contribution in [-0.4, -0.2) is 40.5 Å². The van der Waals surface area contributed by atoms with Gasteiger partial charge in [0, 0.05) is 42.3 Å². The molecule has 2 amide bonds. The van der Waals surface area contributed by atoms with Gasteiger partial charge in [0.15, 0.2) is 0 Å². The summed E-state index contributed by atoms with van der Waals surface area (Å²) in [5.74, 6) is -0.840. The minimum atomic E-state index is -4.31. The first-order valence-electron chi connectivity index (χ1n) is 11.2. The molecule has 0 saturated carbocycles. The first kappa shape index (κ1) is 23.7. The van der Waals surface area contributed by atoms with Crippen molar-refractivity contribution in [3.05, 3.63) is 82.6 Å². The molecule has 0 atom stereocenters. The standard InChI is InChI=1S/C24H23F2N7O2S/c1-15-10-16(2)32-22(15)12-21-7-6-19(33(21)36(32,25)26)8-9-23(34)28-13-18-14-31(30-29-18)20-5-3-4-17(11-20)24(27)35/h3-7,10-12,14H,8-9,13H2,1-2H3,(H2-,27,28,34,35)/p+1. The van der Waals surface area contributed by atoms with Crippen LogP contribution >= 0.6 is 11.2 Å². The molecule has 0 saturated heterocycles. The number of aryl methyl sites for hydroxylation is 2. The molecule has 4 heterocycles. The number of nitrogens with zero attached hydrogens (tertiary/aromatic N) is 5. The molecule has 0 radical (unpaired) electrons. The molecular formula is C24H24F2N7O2S+. The zero-order valence-corrected chi connectivity index (χ0v) is 20.4. The first-order valence-corrected chi connectivity index (χ1v) is 12.6. The fraction of sp³-hybridized carbons (Fsp3) is 0.208. The number of halogens is 2. The number of benzene rings is 1. The maximum absolute atomic E-state index is 15.5. The second-order valence-electron chi connectivity index (χ2n) is 8.60. The van der Waals surface area contributed by atoms with E-state index in [4.69, 9.17) is 5.73 Å². The SMILES string of the molecule is Cc1cc(C)n2c1C=C1C=CC(CCC(=O)NCc3cn(-c4cccc(C(N)=O)c4)nn3)=[N+]1S2(F)F. The van der Waals surface area contributed by atoms with Gasteiger partial charge >= 0.3 is 11.2 Å². The first-order chi connectivity index (χ1) is 17.1. The quantitative estimate of drug-likeness (QED) is 0.472. The largest absolute Gasteiger partial charge is 0.387 e. The predicted molar refractivity (Wildman–Crippen MR) is 132 cm³/mol. The number of carbonyl (C=O) groups is 2. The van der Waals surface area contributed by atoms with Crippen LogP contribution in [0.25, 0.3) is 11.8 Å². The number of aromatic nitrogens is 4. The van der Waals surface area contributed by atoms with Crippen LogP contribution in [-0.2, 0) is 11.3 Å². The minimum Gasteiger partial charge on any atom is -0.366 e. The van der Waals surface area contributed by atoms with Gasteiger partial charge in [-0.2, -0.15) is 0 Å². The van der Waals surface area contributed by atoms with Crippen LogP contribution in [0.5, 0.6) is 0 Å². The highest BCUT2D eigenvalue weighted by Crippen LogP contribution is 2.60. The Morgan fingerprint density at radius 2 is 2.00 bits per heavy atom. The molecule has 0 bridgehead atoms. The molecular weight excluding hydrogens is 488 g/mol. The number of primary amides is 1. The molecule has 0 unspecified atom stereocenters. The molecule has 0 fully saturated rings. The lowest BCUT2D eigenvalue weighted by molar-refractivity contribution is -0.302. The van der Waals surface area contributed by atoms with Gasteiger partial charge in [0.1, 0.15) is 5.69 Å². The summed E-state index contributed by atoms with van der Waals surface area (Å²) in [7, 11) is 0. The molecule has 36 heavy (non-hydrogen) atoms. The maximum atomic E-state index is 15.5. The Hall–Kier alpha value is -4.06. The molecule has 5 rings (SSSR count). The van der Waals surface area contributed by atoms with Crippen LogP contribution in [0.15, 0.2) is 54.4 Å². The summed E-state index contributed by atoms with van der Waals surface area (Å²) in [6.07, 6.45) is 6.93. The lowest BCUT2D eigenvalue weighted by Crippen LogP contribution is -2.27. The second-order valence-corrected chi connectivity index (χ2v) is 10.2. The van der Waals surface area contributed by atoms with Crippen molar-refractivity contribution in [3.8, 4) is 5.69 Å². The van der Waals surface area contributed by atoms with Gasteiger partial charge in [-0.25, -0.2) is 8.65 Å². The number of hydrogen-bond donors (Lipinski definition) is 2. The Balaban J connectivity index is 1.23. The van der Waals surface area contributed by atoms with E-state index in [0.717, 1.165) is 13.5 Å². The average molecular weight is 513 g/mol. The number of nitrogens with two attached hydrogens (primary N) is 1. The average Bonchev–Trinajstić information content (AvgIpc) is 3.55. The highest BCUT2D eigenvalue weighted by molar-refractivity contribution is 8.18. The van der Waals surface area contributed by atoms with Crippen molar-refractivity contribution in [2.75, 3.05) is 0 Å². The van der Waals surface area contributed by atoms with Crippen molar-refractivity contribution in [3.63, 3.8) is 0 Å². The summed E-state index contributed by atoms with van der Waals surface area (Å²) in [5, 5.41) is 10.8. The lowest BCUT2D eigenvalue weighted by Gasteiger charge is -2.25. The minimum absolute atomic E-state index is 0.0459. The van der Waals surface area contributed by atoms with E-state index in [9.17, 15) is 9.59 Å². The fourth-order valence-electron chi connectivity index (χ4n) is 4.35. The van der Waals surface area contributed by atoms with Gasteiger partial charge in [0.2, 0.25) is 23.2 Å². The Morgan fingerprint density at radius 3 is 2.78 bits per heavy atom. The highest BCUT2D eigenvalue weighted by Gasteiger charge is 2.50. The Bertz CT molecular complexity index is 1500. The van der Waals surface area contributed by atoms with Gasteiger partial charge in [-0.1, -0.05) is 23.0 Å². The molecule has 0 aliphatic carbocycles. The smallest absolute Gasteiger partial charge is 0.366 e. The molecule has 1 aromatic carbocycles. The molecule has 2 aromatic heterocycles. The van der Waals surface area contributed by atoms with E-state index in [1.54, 1.807) is 61.7 Å². The number of allylic oxidation sites excluding steroid dienone is 2. The molecule has 2 aliphatic heterocycles. The van der Waals surface area contributed by atoms with E-state index in [1.165, 1.54) is 4.68 Å². The summed E-state index contributed by atoms with van der Waals surface area (Å²) < 4.78 is 34.7. The van der Waals surface area contributed by atoms with Crippen molar-refractivity contribution in [1.29, 1.82) is 0 Å². The summed E-state index contributed by atoms with van der Waals surface area (Å²) in [6.45, 7) is 3.63. The van der Waals surface area contributed by atoms with Gasteiger partial charge in [-0.15, -0.1) is 5.10 Å². The Kier molecular flexibility index (Phi) is 5.83. The molecule has 186 valence electrons. The molecule has 3 aromatic rings. The van der Waals surface area contributed by atoms with Crippen LogP contribution in [0.3, 0.4) is 0 Å². The Morgan fingerprint density at radius 1 is 1.19 bits per heavy atom. The molecule has 2 aliphatic rings. The van der Waals surface area contributed by atoms with E-state index in [1.807, 2.05) is 6.92 Å². The number of rotatable bonds is 7. The third-order valence-electron chi connectivity index (χ3n) is 6.05. The molecule has 12 heteroatoms. The van der Waals surface area contributed by atoms with Crippen molar-refractivity contribution < 1.29 is 21.3 Å². The molecule has 3 N–H and O–H groups in total. The van der Waals surface area contributed by atoms with Crippen LogP contribution in [0.1, 0.15) is 45.8 Å². The van der Waals surface area contributed by atoms with Crippen molar-refractivity contribution in [1.82, 2.24) is 24.3 Å². The van der Waals surface area contributed by atoms with E-state index >= 15 is 7.77 Å². The van der Waals surface area contributed by atoms with Crippen molar-refractivity contribution in [2.45, 2.75) is 33.2 Å². The summed E-state index contributed by atoms with van der Waals surface area (Å²) in [5.41, 5.74) is 9.46. The van der Waals surface area contributed by atoms with Crippen molar-refractivity contribution >= 4 is 34.8 Å². The third kappa shape index (κ3) is 4.13. The van der Waals surface area contributed by atoms with Crippen LogP contribution in [0.4, 0.5) is 7.77 Å². The number of hydrogen-bond acceptors (Lipinski definition) is 4. The number of fused-ring (bicyclic) bond motifs is 2. The van der Waals surface area contributed by atoms with Gasteiger partial charge < -0.3 is 11.1 Å². The van der Waals surface area contributed by atoms with Gasteiger partial charge in [0.05, 0.1) is 24.1 Å². The summed E-state index contributed by atoms with van der Waals surface area (Å²) in [4.78, 5) is 23.9. The number of carbonyl (C=O) groups excluding carboxylic acids is 2. The Labute approximate surface area is 207 Å². The maximum Gasteiger partial charge on any atom is 0.387 e. The number of nitrogens with one attached hydrogen (secondary N) is 1. The zero-order valence-electron chi connectivity index (χ0n) is 19.6. The van der Waals surface area contributed by atoms with Gasteiger partial charge in [-0.05, 0) is 43.7 Å². The zero-order chi connectivity index (χ0) is 25.6. The monoisotopic (exact) mass is 512 g/mol. The summed E-state index contributed by atoms with van der Waals surface area (Å²) in [6, 6.07) is 8.38. The van der Waals surface area contributed by atoms with E-state index < -0.39 is 17.1 Å². The lowest BCUT2D eigenvalue weighted by atomic mass is 10.2. The van der Waals surface area contributed by atoms with Crippen LogP contribution < -0.4 is 11.1 Å². The van der Waals surface area contributed by atoms with E-state index in [2.05, 4.69) is 15.6 Å². The summed E-state index contributed by atoms with van der Waals surface area (Å²) >= 11 is -4.31. The van der Waals surface area contributed by atoms with Crippen molar-refractivity contribution in [2.24, 2.45) is 5.73 Å². The van der Waals surface area contributed by atoms with E-state index in [-0.39, 0.29) is 25.3 Å². The van der Waals surface area contributed by atoms with E-state index in [0.29, 0.717) is 39.7 Å². The number of amides is 2. The van der Waals surface area contributed by atoms with Gasteiger partial charge in [-0.3, -0.25) is 9.59 Å². The third-order valence-corrected chi connectivity index (χ3v) is 7.85. The molecule has 9 nitrogen and oxygen atoms in total.